The predicted molar refractivity (Wildman–Crippen MR) is 117 cm³/mol. The fourth-order valence-electron chi connectivity index (χ4n) is 3.38. The number of rotatable bonds is 5. The Morgan fingerprint density at radius 1 is 1.12 bits per heavy atom. The summed E-state index contributed by atoms with van der Waals surface area (Å²) in [6.07, 6.45) is -1.29. The number of nitrogens with one attached hydrogen (secondary N) is 1. The summed E-state index contributed by atoms with van der Waals surface area (Å²) in [5, 5.41) is 2.36. The van der Waals surface area contributed by atoms with Crippen LogP contribution in [0.25, 0.3) is 6.08 Å². The lowest BCUT2D eigenvalue weighted by molar-refractivity contribution is -0.137. The molecular weight excluding hydrogens is 465 g/mol. The van der Waals surface area contributed by atoms with Gasteiger partial charge in [0.25, 0.3) is 0 Å². The Bertz CT molecular complexity index is 1110. The Morgan fingerprint density at radius 3 is 2.34 bits per heavy atom. The van der Waals surface area contributed by atoms with Crippen LogP contribution in [-0.4, -0.2) is 37.8 Å². The van der Waals surface area contributed by atoms with Crippen LogP contribution in [0.1, 0.15) is 29.5 Å². The van der Waals surface area contributed by atoms with Gasteiger partial charge in [-0.2, -0.15) is 17.5 Å². The van der Waals surface area contributed by atoms with Crippen LogP contribution in [0.5, 0.6) is 0 Å². The Morgan fingerprint density at radius 2 is 1.75 bits per heavy atom. The molecule has 2 aromatic rings. The van der Waals surface area contributed by atoms with E-state index in [0.29, 0.717) is 12.8 Å². The molecule has 0 unspecified atom stereocenters. The van der Waals surface area contributed by atoms with Gasteiger partial charge in [-0.25, -0.2) is 8.42 Å². The van der Waals surface area contributed by atoms with Crippen molar-refractivity contribution in [2.75, 3.05) is 13.1 Å². The maximum absolute atomic E-state index is 12.9. The first-order valence-electron chi connectivity index (χ1n) is 9.89. The monoisotopic (exact) mass is 486 g/mol. The minimum Gasteiger partial charge on any atom is -0.350 e. The highest BCUT2D eigenvalue weighted by atomic mass is 35.5. The van der Waals surface area contributed by atoms with Gasteiger partial charge in [0.15, 0.2) is 0 Å². The lowest BCUT2D eigenvalue weighted by Crippen LogP contribution is -2.46. The first-order chi connectivity index (χ1) is 15.0. The summed E-state index contributed by atoms with van der Waals surface area (Å²) in [6.45, 7) is 2.40. The number of hydrogen-bond acceptors (Lipinski definition) is 3. The molecule has 0 saturated carbocycles. The van der Waals surface area contributed by atoms with Gasteiger partial charge in [0.05, 0.1) is 15.5 Å². The molecule has 172 valence electrons. The number of alkyl halides is 3. The van der Waals surface area contributed by atoms with Crippen LogP contribution in [0.4, 0.5) is 13.2 Å². The standard InChI is InChI=1S/C22H22ClF3N2O3S/c1-15-2-6-18(7-3-15)32(30,31)28-12-10-17(11-13-28)27-21(29)9-5-16-4-8-20(23)19(14-16)22(24,25)26/h2-9,14,17H,10-13H2,1H3,(H,27,29)/b9-5+. The van der Waals surface area contributed by atoms with Crippen LogP contribution in [-0.2, 0) is 21.0 Å². The number of carbonyl (C=O) groups is 1. The fraction of sp³-hybridized carbons (Fsp3) is 0.318. The van der Waals surface area contributed by atoms with Gasteiger partial charge in [0.2, 0.25) is 15.9 Å². The zero-order valence-electron chi connectivity index (χ0n) is 17.2. The van der Waals surface area contributed by atoms with E-state index in [9.17, 15) is 26.4 Å². The second kappa shape index (κ2) is 9.64. The molecule has 0 bridgehead atoms. The first kappa shape index (κ1) is 24.3. The molecule has 1 fully saturated rings. The second-order valence-electron chi connectivity index (χ2n) is 7.57. The number of sulfonamides is 1. The Hall–Kier alpha value is -2.36. The van der Waals surface area contributed by atoms with Gasteiger partial charge in [-0.1, -0.05) is 35.4 Å². The Labute approximate surface area is 189 Å². The van der Waals surface area contributed by atoms with E-state index >= 15 is 0 Å². The number of aryl methyl sites for hydroxylation is 1. The van der Waals surface area contributed by atoms with Crippen LogP contribution >= 0.6 is 11.6 Å². The van der Waals surface area contributed by atoms with Gasteiger partial charge in [0.1, 0.15) is 0 Å². The molecule has 1 amide bonds. The number of halogens is 4. The number of nitrogens with zero attached hydrogens (tertiary/aromatic N) is 1. The van der Waals surface area contributed by atoms with Crippen molar-refractivity contribution < 1.29 is 26.4 Å². The normalized spacial score (nSPS) is 16.4. The molecule has 5 nitrogen and oxygen atoms in total. The van der Waals surface area contributed by atoms with Crippen molar-refractivity contribution in [1.29, 1.82) is 0 Å². The predicted octanol–water partition coefficient (Wildman–Crippen LogP) is 4.65. The summed E-state index contributed by atoms with van der Waals surface area (Å²) in [7, 11) is -3.59. The molecular formula is C22H22ClF3N2O3S. The van der Waals surface area contributed by atoms with Gasteiger partial charge in [-0.3, -0.25) is 4.79 Å². The Balaban J connectivity index is 1.56. The van der Waals surface area contributed by atoms with Crippen molar-refractivity contribution in [3.8, 4) is 0 Å². The molecule has 0 aromatic heterocycles. The summed E-state index contributed by atoms with van der Waals surface area (Å²) in [5.74, 6) is -0.464. The van der Waals surface area contributed by atoms with Crippen LogP contribution < -0.4 is 5.32 Å². The fourth-order valence-corrected chi connectivity index (χ4v) is 5.08. The lowest BCUT2D eigenvalue weighted by Gasteiger charge is -2.31. The smallest absolute Gasteiger partial charge is 0.350 e. The topological polar surface area (TPSA) is 66.5 Å². The molecule has 10 heteroatoms. The van der Waals surface area contributed by atoms with Gasteiger partial charge in [-0.15, -0.1) is 0 Å². The maximum atomic E-state index is 12.9. The summed E-state index contributed by atoms with van der Waals surface area (Å²) in [6, 6.07) is 9.79. The second-order valence-corrected chi connectivity index (χ2v) is 9.92. The highest BCUT2D eigenvalue weighted by Gasteiger charge is 2.33. The van der Waals surface area contributed by atoms with Crippen LogP contribution in [0.2, 0.25) is 5.02 Å². The molecule has 1 saturated heterocycles. The van der Waals surface area contributed by atoms with E-state index in [1.807, 2.05) is 6.92 Å². The van der Waals surface area contributed by atoms with Gasteiger partial charge in [0, 0.05) is 25.2 Å². The van der Waals surface area contributed by atoms with Crippen molar-refractivity contribution in [3.63, 3.8) is 0 Å². The van der Waals surface area contributed by atoms with Crippen LogP contribution in [0.15, 0.2) is 53.4 Å². The van der Waals surface area contributed by atoms with Crippen LogP contribution in [0, 0.1) is 6.92 Å². The highest BCUT2D eigenvalue weighted by Crippen LogP contribution is 2.35. The van der Waals surface area contributed by atoms with Gasteiger partial charge in [-0.05, 0) is 55.7 Å². The average molecular weight is 487 g/mol. The molecule has 32 heavy (non-hydrogen) atoms. The minimum atomic E-state index is -4.59. The SMILES string of the molecule is Cc1ccc(S(=O)(=O)N2CCC(NC(=O)/C=C/c3ccc(Cl)c(C(F)(F)F)c3)CC2)cc1. The third-order valence-corrected chi connectivity index (χ3v) is 7.42. The number of carbonyl (C=O) groups excluding carboxylic acids is 1. The first-order valence-corrected chi connectivity index (χ1v) is 11.7. The van der Waals surface area contributed by atoms with Crippen molar-refractivity contribution in [3.05, 3.63) is 70.3 Å². The molecule has 0 aliphatic carbocycles. The zero-order chi connectivity index (χ0) is 23.5. The summed E-state index contributed by atoms with van der Waals surface area (Å²) in [4.78, 5) is 12.4. The summed E-state index contributed by atoms with van der Waals surface area (Å²) < 4.78 is 65.7. The minimum absolute atomic E-state index is 0.191. The summed E-state index contributed by atoms with van der Waals surface area (Å²) in [5.41, 5.74) is 0.187. The molecule has 0 atom stereocenters. The van der Waals surface area contributed by atoms with Crippen molar-refractivity contribution in [2.24, 2.45) is 0 Å². The molecule has 2 aromatic carbocycles. The van der Waals surface area contributed by atoms with E-state index in [1.54, 1.807) is 24.3 Å². The van der Waals surface area contributed by atoms with Crippen molar-refractivity contribution in [2.45, 2.75) is 36.9 Å². The quantitative estimate of drug-likeness (QED) is 0.626. The molecule has 0 radical (unpaired) electrons. The van der Waals surface area contributed by atoms with Crippen LogP contribution in [0.3, 0.4) is 0 Å². The number of benzene rings is 2. The van der Waals surface area contributed by atoms with E-state index in [4.69, 9.17) is 11.6 Å². The van der Waals surface area contributed by atoms with Gasteiger partial charge < -0.3 is 5.32 Å². The highest BCUT2D eigenvalue weighted by molar-refractivity contribution is 7.89. The number of hydrogen-bond donors (Lipinski definition) is 1. The summed E-state index contributed by atoms with van der Waals surface area (Å²) >= 11 is 5.59. The third-order valence-electron chi connectivity index (χ3n) is 5.18. The van der Waals surface area contributed by atoms with E-state index in [0.717, 1.165) is 23.8 Å². The number of piperidine rings is 1. The molecule has 1 heterocycles. The maximum Gasteiger partial charge on any atom is 0.417 e. The van der Waals surface area contributed by atoms with Crippen molar-refractivity contribution in [1.82, 2.24) is 9.62 Å². The van der Waals surface area contributed by atoms with E-state index in [2.05, 4.69) is 5.32 Å². The lowest BCUT2D eigenvalue weighted by atomic mass is 10.1. The zero-order valence-corrected chi connectivity index (χ0v) is 18.8. The number of amides is 1. The molecule has 1 aliphatic heterocycles. The molecule has 1 N–H and O–H groups in total. The van der Waals surface area contributed by atoms with E-state index < -0.39 is 32.7 Å². The van der Waals surface area contributed by atoms with Gasteiger partial charge >= 0.3 is 6.18 Å². The molecule has 1 aliphatic rings. The van der Waals surface area contributed by atoms with E-state index in [-0.39, 0.29) is 29.6 Å². The molecule has 0 spiro atoms. The third kappa shape index (κ3) is 5.90. The van der Waals surface area contributed by atoms with Crippen molar-refractivity contribution >= 4 is 33.6 Å². The Kier molecular flexibility index (Phi) is 7.32. The van der Waals surface area contributed by atoms with E-state index in [1.165, 1.54) is 16.4 Å². The molecule has 3 rings (SSSR count). The average Bonchev–Trinajstić information content (AvgIpc) is 2.73. The largest absolute Gasteiger partial charge is 0.417 e.